The second-order valence-corrected chi connectivity index (χ2v) is 10.5. The van der Waals surface area contributed by atoms with Gasteiger partial charge in [0.1, 0.15) is 5.75 Å². The Hall–Kier alpha value is -4.00. The fraction of sp³-hybridized carbons (Fsp3) is 0.333. The molecule has 6 rings (SSSR count). The van der Waals surface area contributed by atoms with Crippen LogP contribution in [0, 0.1) is 13.8 Å². The summed E-state index contributed by atoms with van der Waals surface area (Å²) in [5, 5.41) is 3.12. The van der Waals surface area contributed by atoms with Gasteiger partial charge < -0.3 is 19.9 Å². The van der Waals surface area contributed by atoms with E-state index < -0.39 is 5.72 Å². The number of nitrogens with zero attached hydrogens (tertiary/aromatic N) is 3. The number of hydrogen-bond acceptors (Lipinski definition) is 4. The number of para-hydroxylation sites is 1. The van der Waals surface area contributed by atoms with Gasteiger partial charge in [0.15, 0.2) is 5.72 Å². The molecule has 7 nitrogen and oxygen atoms in total. The molecule has 2 atom stereocenters. The van der Waals surface area contributed by atoms with E-state index in [0.717, 1.165) is 24.4 Å². The first-order chi connectivity index (χ1) is 17.8. The molecule has 3 heterocycles. The number of rotatable bonds is 3. The highest BCUT2D eigenvalue weighted by Crippen LogP contribution is 2.45. The third-order valence-corrected chi connectivity index (χ3v) is 7.83. The van der Waals surface area contributed by atoms with E-state index in [0.29, 0.717) is 30.8 Å². The zero-order valence-corrected chi connectivity index (χ0v) is 21.5. The number of aryl methyl sites for hydroxylation is 2. The van der Waals surface area contributed by atoms with Crippen LogP contribution in [0.5, 0.6) is 5.75 Å². The summed E-state index contributed by atoms with van der Waals surface area (Å²) in [5.41, 5.74) is 5.28. The molecule has 37 heavy (non-hydrogen) atoms. The predicted molar refractivity (Wildman–Crippen MR) is 144 cm³/mol. The van der Waals surface area contributed by atoms with Crippen molar-refractivity contribution in [2.24, 2.45) is 0 Å². The Morgan fingerprint density at radius 1 is 0.973 bits per heavy atom. The predicted octanol–water partition coefficient (Wildman–Crippen LogP) is 5.04. The third kappa shape index (κ3) is 4.08. The fourth-order valence-corrected chi connectivity index (χ4v) is 5.86. The van der Waals surface area contributed by atoms with Crippen molar-refractivity contribution >= 4 is 23.3 Å². The number of carbonyl (C=O) groups excluding carboxylic acids is 2. The van der Waals surface area contributed by atoms with Crippen molar-refractivity contribution < 1.29 is 14.3 Å². The molecule has 3 aromatic rings. The highest BCUT2D eigenvalue weighted by atomic mass is 16.5. The number of ether oxygens (including phenoxy) is 1. The lowest BCUT2D eigenvalue weighted by molar-refractivity contribution is 0.0379. The van der Waals surface area contributed by atoms with E-state index in [-0.39, 0.29) is 18.0 Å². The average molecular weight is 497 g/mol. The molecule has 0 radical (unpaired) electrons. The third-order valence-electron chi connectivity index (χ3n) is 7.83. The van der Waals surface area contributed by atoms with Crippen molar-refractivity contribution in [2.45, 2.75) is 39.0 Å². The van der Waals surface area contributed by atoms with Crippen LogP contribution in [0.3, 0.4) is 0 Å². The first-order valence-electron chi connectivity index (χ1n) is 12.9. The summed E-state index contributed by atoms with van der Waals surface area (Å²) in [4.78, 5) is 32.4. The molecule has 0 aromatic heterocycles. The molecule has 0 spiro atoms. The molecule has 2 fully saturated rings. The Labute approximate surface area is 217 Å². The number of benzene rings is 3. The van der Waals surface area contributed by atoms with Crippen molar-refractivity contribution in [2.75, 3.05) is 36.0 Å². The Morgan fingerprint density at radius 2 is 1.70 bits per heavy atom. The smallest absolute Gasteiger partial charge is 0.325 e. The molecule has 2 unspecified atom stereocenters. The van der Waals surface area contributed by atoms with Crippen LogP contribution in [0.2, 0.25) is 0 Å². The molecule has 2 saturated heterocycles. The summed E-state index contributed by atoms with van der Waals surface area (Å²) in [6.45, 7) is 9.15. The molecule has 3 aliphatic rings. The lowest BCUT2D eigenvalue weighted by atomic mass is 9.90. The second kappa shape index (κ2) is 8.83. The van der Waals surface area contributed by atoms with Gasteiger partial charge in [0.25, 0.3) is 5.91 Å². The van der Waals surface area contributed by atoms with Gasteiger partial charge in [-0.2, -0.15) is 0 Å². The van der Waals surface area contributed by atoms with Crippen LogP contribution in [0.1, 0.15) is 46.4 Å². The maximum Gasteiger partial charge on any atom is 0.325 e. The molecular weight excluding hydrogens is 464 g/mol. The summed E-state index contributed by atoms with van der Waals surface area (Å²) in [7, 11) is 0. The molecule has 3 aliphatic heterocycles. The highest BCUT2D eigenvalue weighted by Gasteiger charge is 2.49. The minimum absolute atomic E-state index is 0.0179. The maximum absolute atomic E-state index is 13.3. The summed E-state index contributed by atoms with van der Waals surface area (Å²) in [6, 6.07) is 21.4. The fourth-order valence-electron chi connectivity index (χ4n) is 5.86. The Bertz CT molecular complexity index is 1360. The maximum atomic E-state index is 13.3. The van der Waals surface area contributed by atoms with Gasteiger partial charge in [-0.15, -0.1) is 0 Å². The molecule has 3 aromatic carbocycles. The van der Waals surface area contributed by atoms with Gasteiger partial charge in [-0.1, -0.05) is 30.3 Å². The SMILES string of the molecule is Cc1ccc(C)c(N2CCN(C(=O)c3ccc(N4C(=O)NC5CC4(C)Oc4ccccc45)cc3)CC2)c1. The standard InChI is InChI=1S/C30H32N4O3/c1-20-8-9-21(2)26(18-20)32-14-16-33(17-15-32)28(35)22-10-12-23(13-11-22)34-29(36)31-25-19-30(34,3)37-27-7-5-4-6-24(25)27/h4-13,18,25H,14-17,19H2,1-3H3,(H,31,36). The number of amides is 3. The van der Waals surface area contributed by atoms with E-state index in [1.807, 2.05) is 60.4 Å². The first-order valence-corrected chi connectivity index (χ1v) is 12.9. The van der Waals surface area contributed by atoms with E-state index in [1.54, 1.807) is 4.90 Å². The molecule has 0 aliphatic carbocycles. The monoisotopic (exact) mass is 496 g/mol. The number of hydrogen-bond donors (Lipinski definition) is 1. The molecule has 0 saturated carbocycles. The van der Waals surface area contributed by atoms with Crippen molar-refractivity contribution in [3.63, 3.8) is 0 Å². The van der Waals surface area contributed by atoms with Crippen LogP contribution < -0.4 is 19.9 Å². The molecule has 3 amide bonds. The number of carbonyl (C=O) groups is 2. The van der Waals surface area contributed by atoms with Gasteiger partial charge >= 0.3 is 6.03 Å². The van der Waals surface area contributed by atoms with Gasteiger partial charge in [0.05, 0.1) is 6.04 Å². The normalized spacial score (nSPS) is 22.7. The van der Waals surface area contributed by atoms with Crippen LogP contribution >= 0.6 is 0 Å². The molecule has 190 valence electrons. The molecule has 2 bridgehead atoms. The van der Waals surface area contributed by atoms with Crippen molar-refractivity contribution in [1.82, 2.24) is 10.2 Å². The quantitative estimate of drug-likeness (QED) is 0.552. The average Bonchev–Trinajstić information content (AvgIpc) is 2.90. The second-order valence-electron chi connectivity index (χ2n) is 10.5. The van der Waals surface area contributed by atoms with Gasteiger partial charge in [-0.05, 0) is 68.3 Å². The number of fused-ring (bicyclic) bond motifs is 4. The van der Waals surface area contributed by atoms with Crippen LogP contribution in [-0.4, -0.2) is 48.7 Å². The summed E-state index contributed by atoms with van der Waals surface area (Å²) < 4.78 is 6.35. The minimum atomic E-state index is -0.808. The van der Waals surface area contributed by atoms with Gasteiger partial charge in [0.2, 0.25) is 0 Å². The summed E-state index contributed by atoms with van der Waals surface area (Å²) in [5.74, 6) is 0.808. The molecular formula is C30H32N4O3. The number of piperazine rings is 1. The van der Waals surface area contributed by atoms with Crippen molar-refractivity contribution in [1.29, 1.82) is 0 Å². The van der Waals surface area contributed by atoms with Gasteiger partial charge in [0, 0.05) is 55.1 Å². The van der Waals surface area contributed by atoms with E-state index >= 15 is 0 Å². The van der Waals surface area contributed by atoms with Crippen molar-refractivity contribution in [3.8, 4) is 5.75 Å². The van der Waals surface area contributed by atoms with Crippen molar-refractivity contribution in [3.05, 3.63) is 89.0 Å². The van der Waals surface area contributed by atoms with E-state index in [9.17, 15) is 9.59 Å². The minimum Gasteiger partial charge on any atom is -0.467 e. The number of nitrogens with one attached hydrogen (secondary N) is 1. The zero-order valence-electron chi connectivity index (χ0n) is 21.5. The largest absolute Gasteiger partial charge is 0.467 e. The van der Waals surface area contributed by atoms with Gasteiger partial charge in [-0.3, -0.25) is 9.69 Å². The zero-order chi connectivity index (χ0) is 25.7. The Morgan fingerprint density at radius 3 is 2.46 bits per heavy atom. The van der Waals surface area contributed by atoms with Crippen LogP contribution in [0.25, 0.3) is 0 Å². The van der Waals surface area contributed by atoms with E-state index in [4.69, 9.17) is 4.74 Å². The van der Waals surface area contributed by atoms with Crippen LogP contribution in [-0.2, 0) is 0 Å². The number of anilines is 2. The summed E-state index contributed by atoms with van der Waals surface area (Å²) >= 11 is 0. The van der Waals surface area contributed by atoms with E-state index in [1.165, 1.54) is 16.8 Å². The highest BCUT2D eigenvalue weighted by molar-refractivity contribution is 5.97. The molecule has 7 heteroatoms. The lowest BCUT2D eigenvalue weighted by Crippen LogP contribution is -2.65. The number of urea groups is 1. The molecule has 1 N–H and O–H groups in total. The lowest BCUT2D eigenvalue weighted by Gasteiger charge is -2.50. The topological polar surface area (TPSA) is 65.1 Å². The van der Waals surface area contributed by atoms with Crippen LogP contribution in [0.4, 0.5) is 16.2 Å². The van der Waals surface area contributed by atoms with Gasteiger partial charge in [-0.25, -0.2) is 4.79 Å². The Balaban J connectivity index is 1.16. The van der Waals surface area contributed by atoms with E-state index in [2.05, 4.69) is 42.3 Å². The summed E-state index contributed by atoms with van der Waals surface area (Å²) in [6.07, 6.45) is 0.640. The first kappa shape index (κ1) is 23.4. The Kier molecular flexibility index (Phi) is 5.59. The van der Waals surface area contributed by atoms with Crippen LogP contribution in [0.15, 0.2) is 66.7 Å².